The third-order valence-corrected chi connectivity index (χ3v) is 9.19. The molecule has 0 aromatic heterocycles. The summed E-state index contributed by atoms with van der Waals surface area (Å²) >= 11 is 3.35. The Labute approximate surface area is 303 Å². The van der Waals surface area contributed by atoms with Crippen molar-refractivity contribution < 1.29 is 37.1 Å². The first-order valence-electron chi connectivity index (χ1n) is 16.0. The van der Waals surface area contributed by atoms with E-state index in [1.54, 1.807) is 36.4 Å². The predicted molar refractivity (Wildman–Crippen MR) is 190 cm³/mol. The molecule has 0 spiro atoms. The molecule has 1 atom stereocenters. The molecule has 6 N–H and O–H groups in total. The second-order valence-corrected chi connectivity index (χ2v) is 12.6. The molecule has 3 heterocycles. The van der Waals surface area contributed by atoms with Crippen LogP contribution in [0, 0.1) is 0 Å². The highest BCUT2D eigenvalue weighted by molar-refractivity contribution is 9.09. The molecule has 3 aliphatic heterocycles. The molecule has 16 heteroatoms. The van der Waals surface area contributed by atoms with Gasteiger partial charge in [0.2, 0.25) is 11.8 Å². The van der Waals surface area contributed by atoms with Gasteiger partial charge in [-0.15, -0.1) is 0 Å². The summed E-state index contributed by atoms with van der Waals surface area (Å²) in [6.45, 7) is 1.53. The molecule has 0 fully saturated rings. The van der Waals surface area contributed by atoms with Gasteiger partial charge in [0.25, 0.3) is 5.91 Å². The number of ether oxygens (including phenoxy) is 1. The standard InChI is InChI=1S/C36H31BrF3N7O5/c1-18-31(34(50)43-21-9-6-19(7-10-21)25-12-14-29(48)46-44-25)32(22-4-2-3-5-24(22)36(38,39)40)33(27(17-37)42-18)35(51)52-28-16-20(41)8-11-23(28)26-13-15-30(49)47-45-26/h2-11,16,32,42H,12-15,17,41H2,1H3,(H,43,50)(H,46,48)(H,47,49). The number of nitrogens with two attached hydrogens (primary N) is 1. The SMILES string of the molecule is CC1=C(C(=O)Nc2ccc(C3=NNC(=O)CC3)cc2)C(c2ccccc2C(F)(F)F)C(C(=O)Oc2cc(N)ccc2C2=NNC(=O)CC2)=C(CBr)N1. The van der Waals surface area contributed by atoms with E-state index in [4.69, 9.17) is 10.5 Å². The zero-order valence-electron chi connectivity index (χ0n) is 27.5. The number of rotatable bonds is 8. The number of dihydropyridines is 1. The molecule has 0 aliphatic carbocycles. The van der Waals surface area contributed by atoms with E-state index in [1.807, 2.05) is 0 Å². The molecule has 3 aliphatic rings. The molecule has 0 saturated carbocycles. The predicted octanol–water partition coefficient (Wildman–Crippen LogP) is 5.37. The third-order valence-electron chi connectivity index (χ3n) is 8.62. The fraction of sp³-hybridized carbons (Fsp3) is 0.222. The fourth-order valence-electron chi connectivity index (χ4n) is 6.17. The van der Waals surface area contributed by atoms with Crippen LogP contribution in [0.25, 0.3) is 0 Å². The van der Waals surface area contributed by atoms with Crippen molar-refractivity contribution in [2.45, 2.75) is 44.7 Å². The van der Waals surface area contributed by atoms with Crippen molar-refractivity contribution in [1.29, 1.82) is 0 Å². The molecule has 3 aromatic rings. The molecule has 52 heavy (non-hydrogen) atoms. The average molecular weight is 779 g/mol. The summed E-state index contributed by atoms with van der Waals surface area (Å²) in [6.07, 6.45) is -3.77. The minimum Gasteiger partial charge on any atom is -0.422 e. The van der Waals surface area contributed by atoms with Crippen molar-refractivity contribution in [3.05, 3.63) is 112 Å². The third kappa shape index (κ3) is 7.61. The van der Waals surface area contributed by atoms with E-state index in [2.05, 4.69) is 47.6 Å². The Morgan fingerprint density at radius 2 is 1.58 bits per heavy atom. The number of benzene rings is 3. The number of carbonyl (C=O) groups excluding carboxylic acids is 4. The van der Waals surface area contributed by atoms with Crippen LogP contribution < -0.4 is 32.0 Å². The van der Waals surface area contributed by atoms with Crippen LogP contribution in [0.5, 0.6) is 5.75 Å². The smallest absolute Gasteiger partial charge is 0.416 e. The summed E-state index contributed by atoms with van der Waals surface area (Å²) in [6, 6.07) is 15.8. The average Bonchev–Trinajstić information content (AvgIpc) is 3.12. The largest absolute Gasteiger partial charge is 0.422 e. The summed E-state index contributed by atoms with van der Waals surface area (Å²) in [5, 5.41) is 13.9. The van der Waals surface area contributed by atoms with Gasteiger partial charge in [0, 0.05) is 71.0 Å². The lowest BCUT2D eigenvalue weighted by molar-refractivity contribution is -0.138. The number of nitrogen functional groups attached to an aromatic ring is 1. The molecule has 1 unspecified atom stereocenters. The van der Waals surface area contributed by atoms with Crippen LogP contribution >= 0.6 is 15.9 Å². The maximum atomic E-state index is 14.6. The molecule has 12 nitrogen and oxygen atoms in total. The van der Waals surface area contributed by atoms with E-state index in [0.29, 0.717) is 34.7 Å². The van der Waals surface area contributed by atoms with Gasteiger partial charge >= 0.3 is 12.1 Å². The van der Waals surface area contributed by atoms with Crippen LogP contribution in [0.3, 0.4) is 0 Å². The molecular weight excluding hydrogens is 747 g/mol. The number of anilines is 2. The maximum Gasteiger partial charge on any atom is 0.416 e. The Kier molecular flexibility index (Phi) is 10.3. The topological polar surface area (TPSA) is 176 Å². The molecule has 0 radical (unpaired) electrons. The zero-order chi connectivity index (χ0) is 37.2. The number of carbonyl (C=O) groups is 4. The Hall–Kier alpha value is -5.77. The number of amides is 3. The fourth-order valence-corrected chi connectivity index (χ4v) is 6.62. The van der Waals surface area contributed by atoms with Gasteiger partial charge in [0.15, 0.2) is 0 Å². The van der Waals surface area contributed by atoms with E-state index >= 15 is 0 Å². The second-order valence-electron chi connectivity index (χ2n) is 12.1. The van der Waals surface area contributed by atoms with Crippen molar-refractivity contribution in [3.8, 4) is 5.75 Å². The number of hydrogen-bond acceptors (Lipinski definition) is 9. The molecule has 268 valence electrons. The minimum absolute atomic E-state index is 0.0112. The summed E-state index contributed by atoms with van der Waals surface area (Å²) < 4.78 is 49.7. The van der Waals surface area contributed by atoms with Crippen LogP contribution in [-0.2, 0) is 25.4 Å². The summed E-state index contributed by atoms with van der Waals surface area (Å²) in [4.78, 5) is 51.8. The van der Waals surface area contributed by atoms with Gasteiger partial charge in [-0.25, -0.2) is 15.6 Å². The number of alkyl halides is 4. The highest BCUT2D eigenvalue weighted by atomic mass is 79.9. The molecule has 3 aromatic carbocycles. The lowest BCUT2D eigenvalue weighted by Crippen LogP contribution is -2.36. The van der Waals surface area contributed by atoms with E-state index in [-0.39, 0.29) is 75.9 Å². The van der Waals surface area contributed by atoms with Crippen LogP contribution in [0.1, 0.15) is 60.8 Å². The van der Waals surface area contributed by atoms with Crippen molar-refractivity contribution in [3.63, 3.8) is 0 Å². The van der Waals surface area contributed by atoms with E-state index in [1.165, 1.54) is 31.2 Å². The van der Waals surface area contributed by atoms with Gasteiger partial charge in [0.1, 0.15) is 5.75 Å². The molecular formula is C36H31BrF3N7O5. The van der Waals surface area contributed by atoms with Crippen LogP contribution in [0.2, 0.25) is 0 Å². The van der Waals surface area contributed by atoms with Crippen molar-refractivity contribution in [2.24, 2.45) is 10.2 Å². The van der Waals surface area contributed by atoms with E-state index < -0.39 is 29.5 Å². The molecule has 3 amide bonds. The summed E-state index contributed by atoms with van der Waals surface area (Å²) in [7, 11) is 0. The Morgan fingerprint density at radius 1 is 0.923 bits per heavy atom. The van der Waals surface area contributed by atoms with Crippen molar-refractivity contribution in [1.82, 2.24) is 16.2 Å². The maximum absolute atomic E-state index is 14.6. The normalized spacial score (nSPS) is 17.8. The second kappa shape index (κ2) is 14.8. The first-order valence-corrected chi connectivity index (χ1v) is 17.1. The number of hydrogen-bond donors (Lipinski definition) is 5. The molecule has 6 rings (SSSR count). The van der Waals surface area contributed by atoms with Gasteiger partial charge in [-0.3, -0.25) is 14.4 Å². The number of nitrogens with one attached hydrogen (secondary N) is 4. The Morgan fingerprint density at radius 3 is 2.19 bits per heavy atom. The van der Waals surface area contributed by atoms with Gasteiger partial charge in [-0.1, -0.05) is 46.3 Å². The number of esters is 1. The van der Waals surface area contributed by atoms with Crippen LogP contribution in [0.4, 0.5) is 24.5 Å². The van der Waals surface area contributed by atoms with E-state index in [9.17, 15) is 32.3 Å². The highest BCUT2D eigenvalue weighted by Crippen LogP contribution is 2.45. The van der Waals surface area contributed by atoms with Gasteiger partial charge < -0.3 is 21.1 Å². The van der Waals surface area contributed by atoms with Gasteiger partial charge in [-0.2, -0.15) is 23.4 Å². The monoisotopic (exact) mass is 777 g/mol. The van der Waals surface area contributed by atoms with Crippen molar-refractivity contribution >= 4 is 62.4 Å². The number of allylic oxidation sites excluding steroid dienone is 2. The quantitative estimate of drug-likeness (QED) is 0.0884. The van der Waals surface area contributed by atoms with Crippen LogP contribution in [-0.4, -0.2) is 40.4 Å². The summed E-state index contributed by atoms with van der Waals surface area (Å²) in [5.74, 6) is -3.88. The zero-order valence-corrected chi connectivity index (χ0v) is 29.1. The van der Waals surface area contributed by atoms with Gasteiger partial charge in [-0.05, 0) is 48.4 Å². The summed E-state index contributed by atoms with van der Waals surface area (Å²) in [5.41, 5.74) is 12.1. The Balaban J connectivity index is 1.40. The lowest BCUT2D eigenvalue weighted by atomic mass is 9.78. The first-order chi connectivity index (χ1) is 24.8. The lowest BCUT2D eigenvalue weighted by Gasteiger charge is -2.33. The number of nitrogens with zero attached hydrogens (tertiary/aromatic N) is 2. The van der Waals surface area contributed by atoms with Crippen molar-refractivity contribution in [2.75, 3.05) is 16.4 Å². The van der Waals surface area contributed by atoms with Gasteiger partial charge in [0.05, 0.1) is 28.5 Å². The Bertz CT molecular complexity index is 2110. The van der Waals surface area contributed by atoms with E-state index in [0.717, 1.165) is 6.07 Å². The minimum atomic E-state index is -4.84. The first kappa shape index (κ1) is 36.0. The number of halogens is 4. The number of hydrazone groups is 2. The highest BCUT2D eigenvalue weighted by Gasteiger charge is 2.43. The molecule has 0 bridgehead atoms. The van der Waals surface area contributed by atoms with Crippen LogP contribution in [0.15, 0.2) is 99.5 Å². The molecule has 0 saturated heterocycles.